The molecule has 2 aromatic carbocycles. The highest BCUT2D eigenvalue weighted by Crippen LogP contribution is 2.31. The predicted molar refractivity (Wildman–Crippen MR) is 160 cm³/mol. The van der Waals surface area contributed by atoms with Gasteiger partial charge in [-0.25, -0.2) is 9.97 Å². The summed E-state index contributed by atoms with van der Waals surface area (Å²) in [7, 11) is 0. The molecule has 2 aliphatic rings. The Labute approximate surface area is 233 Å². The minimum absolute atomic E-state index is 0. The zero-order valence-corrected chi connectivity index (χ0v) is 23.5. The van der Waals surface area contributed by atoms with Crippen molar-refractivity contribution in [1.82, 2.24) is 30.6 Å². The van der Waals surface area contributed by atoms with Gasteiger partial charge in [-0.15, -0.1) is 12.4 Å². The van der Waals surface area contributed by atoms with Gasteiger partial charge in [0, 0.05) is 23.6 Å². The first-order valence-electron chi connectivity index (χ1n) is 12.5. The van der Waals surface area contributed by atoms with Crippen LogP contribution in [0.3, 0.4) is 0 Å². The maximum atomic E-state index is 4.66. The van der Waals surface area contributed by atoms with Gasteiger partial charge < -0.3 is 20.6 Å². The van der Waals surface area contributed by atoms with E-state index in [0.29, 0.717) is 22.6 Å². The van der Waals surface area contributed by atoms with Crippen LogP contribution in [0, 0.1) is 0 Å². The van der Waals surface area contributed by atoms with E-state index in [1.807, 2.05) is 35.9 Å². The van der Waals surface area contributed by atoms with Gasteiger partial charge in [0.05, 0.1) is 35.9 Å². The van der Waals surface area contributed by atoms with Crippen molar-refractivity contribution in [3.63, 3.8) is 0 Å². The first kappa shape index (κ1) is 26.4. The van der Waals surface area contributed by atoms with Crippen LogP contribution in [0.5, 0.6) is 0 Å². The average Bonchev–Trinajstić information content (AvgIpc) is 3.75. The molecule has 2 aromatic heterocycles. The molecular formula is C28H33ClN6S2. The van der Waals surface area contributed by atoms with Crippen molar-refractivity contribution >= 4 is 35.9 Å². The molecule has 0 amide bonds. The number of aromatic amines is 2. The second-order valence-electron chi connectivity index (χ2n) is 9.63. The molecule has 9 heteroatoms. The summed E-state index contributed by atoms with van der Waals surface area (Å²) in [6, 6.07) is 18.1. The quantitative estimate of drug-likeness (QED) is 0.222. The lowest BCUT2D eigenvalue weighted by molar-refractivity contribution is 0.613. The summed E-state index contributed by atoms with van der Waals surface area (Å²) in [5.41, 5.74) is 6.85. The van der Waals surface area contributed by atoms with E-state index in [-0.39, 0.29) is 12.4 Å². The highest BCUT2D eigenvalue weighted by Gasteiger charge is 2.27. The Morgan fingerprint density at radius 2 is 1.00 bits per heavy atom. The third kappa shape index (κ3) is 5.64. The molecule has 4 aromatic rings. The fourth-order valence-electron chi connectivity index (χ4n) is 5.19. The Bertz CT molecular complexity index is 1200. The molecule has 0 radical (unpaired) electrons. The van der Waals surface area contributed by atoms with Crippen LogP contribution in [0.25, 0.3) is 33.6 Å². The van der Waals surface area contributed by atoms with Gasteiger partial charge in [0.15, 0.2) is 0 Å². The van der Waals surface area contributed by atoms with Gasteiger partial charge in [-0.2, -0.15) is 23.5 Å². The minimum Gasteiger partial charge on any atom is -0.341 e. The molecule has 0 unspecified atom stereocenters. The molecule has 194 valence electrons. The van der Waals surface area contributed by atoms with Gasteiger partial charge in [0.1, 0.15) is 11.6 Å². The van der Waals surface area contributed by atoms with Crippen LogP contribution in [0.4, 0.5) is 0 Å². The summed E-state index contributed by atoms with van der Waals surface area (Å²) in [6.45, 7) is 2.10. The Hall–Kier alpha value is -2.23. The minimum atomic E-state index is 0. The van der Waals surface area contributed by atoms with E-state index in [1.165, 1.54) is 11.1 Å². The van der Waals surface area contributed by atoms with Crippen molar-refractivity contribution in [3.8, 4) is 33.6 Å². The van der Waals surface area contributed by atoms with Crippen molar-refractivity contribution in [2.45, 2.75) is 35.4 Å². The number of hydrogen-bond acceptors (Lipinski definition) is 6. The van der Waals surface area contributed by atoms with Crippen LogP contribution in [0.2, 0.25) is 0 Å². The zero-order chi connectivity index (χ0) is 24.5. The monoisotopic (exact) mass is 552 g/mol. The number of aromatic nitrogens is 4. The van der Waals surface area contributed by atoms with Crippen molar-refractivity contribution in [1.29, 1.82) is 0 Å². The highest BCUT2D eigenvalue weighted by atomic mass is 35.5. The van der Waals surface area contributed by atoms with Gasteiger partial charge in [0.25, 0.3) is 0 Å². The fraction of sp³-hybridized carbons (Fsp3) is 0.357. The first-order valence-corrected chi connectivity index (χ1v) is 15.1. The summed E-state index contributed by atoms with van der Waals surface area (Å²) in [5, 5.41) is 8.50. The number of benzene rings is 2. The SMILES string of the molecule is CS[C@@H]1CN[C@H](c2ncc(-c3ccc(-c4ccc(-c5cnc([C@@H]6C[C@H](SC)CN6)[nH]5)cc4)cc3)[nH]2)C1.Cl. The van der Waals surface area contributed by atoms with Crippen molar-refractivity contribution in [2.24, 2.45) is 0 Å². The first-order chi connectivity index (χ1) is 17.7. The number of rotatable bonds is 7. The predicted octanol–water partition coefficient (Wildman–Crippen LogP) is 6.09. The van der Waals surface area contributed by atoms with Crippen LogP contribution < -0.4 is 10.6 Å². The Kier molecular flexibility index (Phi) is 8.31. The molecule has 4 N–H and O–H groups in total. The molecular weight excluding hydrogens is 520 g/mol. The van der Waals surface area contributed by atoms with E-state index in [4.69, 9.17) is 0 Å². The molecule has 2 saturated heterocycles. The van der Waals surface area contributed by atoms with Crippen LogP contribution in [-0.4, -0.2) is 56.0 Å². The second kappa shape index (κ2) is 11.7. The lowest BCUT2D eigenvalue weighted by atomic mass is 10.0. The molecule has 2 aliphatic heterocycles. The largest absolute Gasteiger partial charge is 0.341 e. The molecule has 6 rings (SSSR count). The Morgan fingerprint density at radius 3 is 1.35 bits per heavy atom. The smallest absolute Gasteiger partial charge is 0.123 e. The van der Waals surface area contributed by atoms with Gasteiger partial charge in [-0.05, 0) is 47.6 Å². The van der Waals surface area contributed by atoms with Gasteiger partial charge in [-0.1, -0.05) is 48.5 Å². The molecule has 37 heavy (non-hydrogen) atoms. The van der Waals surface area contributed by atoms with E-state index in [1.54, 1.807) is 0 Å². The molecule has 0 aliphatic carbocycles. The molecule has 2 fully saturated rings. The maximum absolute atomic E-state index is 4.66. The summed E-state index contributed by atoms with van der Waals surface area (Å²) >= 11 is 3.86. The standard InChI is InChI=1S/C28H32N6S2.ClH/c1-35-21-11-23(29-13-21)27-31-15-25(33-27)19-7-3-17(4-8-19)18-5-9-20(10-6-18)26-16-32-28(34-26)24-12-22(36-2)14-30-24;/h3-10,15-16,21-24,29-30H,11-14H2,1-2H3,(H,31,33)(H,32,34);1H/t21-,22-,23-,24-;/m0./s1. The summed E-state index contributed by atoms with van der Waals surface area (Å²) in [6.07, 6.45) is 10.5. The lowest BCUT2D eigenvalue weighted by Crippen LogP contribution is -2.15. The van der Waals surface area contributed by atoms with Crippen LogP contribution in [0.15, 0.2) is 60.9 Å². The number of imidazole rings is 2. The molecule has 0 bridgehead atoms. The second-order valence-corrected chi connectivity index (χ2v) is 11.9. The maximum Gasteiger partial charge on any atom is 0.123 e. The lowest BCUT2D eigenvalue weighted by Gasteiger charge is -2.07. The number of thioether (sulfide) groups is 2. The van der Waals surface area contributed by atoms with E-state index in [9.17, 15) is 0 Å². The van der Waals surface area contributed by atoms with Crippen molar-refractivity contribution in [2.75, 3.05) is 25.6 Å². The number of hydrogen-bond donors (Lipinski definition) is 4. The van der Waals surface area contributed by atoms with Crippen LogP contribution in [0.1, 0.15) is 36.6 Å². The average molecular weight is 553 g/mol. The summed E-state index contributed by atoms with van der Waals surface area (Å²) in [5.74, 6) is 2.08. The molecule has 4 heterocycles. The number of nitrogens with zero attached hydrogens (tertiary/aromatic N) is 2. The molecule has 4 atom stereocenters. The zero-order valence-electron chi connectivity index (χ0n) is 21.0. The van der Waals surface area contributed by atoms with Gasteiger partial charge >= 0.3 is 0 Å². The highest BCUT2D eigenvalue weighted by molar-refractivity contribution is 7.99. The fourth-order valence-corrected chi connectivity index (χ4v) is 6.48. The van der Waals surface area contributed by atoms with E-state index < -0.39 is 0 Å². The van der Waals surface area contributed by atoms with Gasteiger partial charge in [-0.3, -0.25) is 0 Å². The van der Waals surface area contributed by atoms with Crippen molar-refractivity contribution in [3.05, 3.63) is 72.6 Å². The third-order valence-electron chi connectivity index (χ3n) is 7.42. The molecule has 6 nitrogen and oxygen atoms in total. The molecule has 0 spiro atoms. The van der Waals surface area contributed by atoms with Crippen molar-refractivity contribution < 1.29 is 0 Å². The number of halogens is 1. The third-order valence-corrected chi connectivity index (χ3v) is 9.48. The number of nitrogens with one attached hydrogen (secondary N) is 4. The summed E-state index contributed by atoms with van der Waals surface area (Å²) in [4.78, 5) is 16.4. The Morgan fingerprint density at radius 1 is 0.622 bits per heavy atom. The molecule has 0 saturated carbocycles. The topological polar surface area (TPSA) is 81.4 Å². The van der Waals surface area contributed by atoms with E-state index >= 15 is 0 Å². The van der Waals surface area contributed by atoms with Crippen LogP contribution >= 0.6 is 35.9 Å². The van der Waals surface area contributed by atoms with Crippen LogP contribution in [-0.2, 0) is 0 Å². The van der Waals surface area contributed by atoms with E-state index in [0.717, 1.165) is 60.1 Å². The number of H-pyrrole nitrogens is 2. The Balaban J connectivity index is 0.00000280. The normalized spacial score (nSPS) is 23.3. The summed E-state index contributed by atoms with van der Waals surface area (Å²) < 4.78 is 0. The van der Waals surface area contributed by atoms with E-state index in [2.05, 4.69) is 91.6 Å². The van der Waals surface area contributed by atoms with Gasteiger partial charge in [0.2, 0.25) is 0 Å².